The molecule has 0 aliphatic heterocycles. The Morgan fingerprint density at radius 1 is 1.40 bits per heavy atom. The molecule has 0 saturated carbocycles. The maximum Gasteiger partial charge on any atom is 0.275 e. The van der Waals surface area contributed by atoms with Crippen LogP contribution in [0.4, 0.5) is 0 Å². The summed E-state index contributed by atoms with van der Waals surface area (Å²) in [5, 5.41) is 0. The number of thiophene rings is 1. The molecule has 82 valence electrons. The molecule has 2 amide bonds. The SMILES string of the molecule is Cc1sc(C(=O)NN)cc1CC(=O)NN. The third-order valence-corrected chi connectivity index (χ3v) is 2.98. The maximum absolute atomic E-state index is 11.2. The number of hydrogen-bond donors (Lipinski definition) is 4. The number of hydrogen-bond acceptors (Lipinski definition) is 5. The number of nitrogens with two attached hydrogens (primary N) is 2. The predicted molar refractivity (Wildman–Crippen MR) is 56.7 cm³/mol. The number of nitrogens with one attached hydrogen (secondary N) is 2. The summed E-state index contributed by atoms with van der Waals surface area (Å²) in [5.74, 6) is 9.31. The van der Waals surface area contributed by atoms with Crippen LogP contribution in [0.2, 0.25) is 0 Å². The van der Waals surface area contributed by atoms with Gasteiger partial charge in [-0.25, -0.2) is 11.7 Å². The van der Waals surface area contributed by atoms with Crippen molar-refractivity contribution in [3.8, 4) is 0 Å². The summed E-state index contributed by atoms with van der Waals surface area (Å²) in [4.78, 5) is 23.6. The normalized spacial score (nSPS) is 9.80. The van der Waals surface area contributed by atoms with Gasteiger partial charge in [0, 0.05) is 4.88 Å². The van der Waals surface area contributed by atoms with E-state index in [0.29, 0.717) is 4.88 Å². The number of hydrazine groups is 2. The van der Waals surface area contributed by atoms with Crippen LogP contribution in [-0.4, -0.2) is 11.8 Å². The second kappa shape index (κ2) is 4.87. The van der Waals surface area contributed by atoms with Crippen LogP contribution in [0.25, 0.3) is 0 Å². The third kappa shape index (κ3) is 2.75. The molecule has 0 atom stereocenters. The highest BCUT2D eigenvalue weighted by Gasteiger charge is 2.13. The predicted octanol–water partition coefficient (Wildman–Crippen LogP) is -0.808. The zero-order valence-electron chi connectivity index (χ0n) is 8.16. The minimum Gasteiger partial charge on any atom is -0.294 e. The minimum atomic E-state index is -0.359. The largest absolute Gasteiger partial charge is 0.294 e. The number of carbonyl (C=O) groups is 2. The average molecular weight is 228 g/mol. The molecule has 1 aromatic heterocycles. The molecule has 0 fully saturated rings. The topological polar surface area (TPSA) is 110 Å². The van der Waals surface area contributed by atoms with Crippen molar-refractivity contribution >= 4 is 23.2 Å². The van der Waals surface area contributed by atoms with Crippen molar-refractivity contribution in [2.45, 2.75) is 13.3 Å². The molecule has 1 rings (SSSR count). The monoisotopic (exact) mass is 228 g/mol. The fourth-order valence-electron chi connectivity index (χ4n) is 1.10. The second-order valence-corrected chi connectivity index (χ2v) is 4.17. The van der Waals surface area contributed by atoms with E-state index in [0.717, 1.165) is 10.4 Å². The summed E-state index contributed by atoms with van der Waals surface area (Å²) >= 11 is 1.29. The Kier molecular flexibility index (Phi) is 3.78. The lowest BCUT2D eigenvalue weighted by Crippen LogP contribution is -2.31. The van der Waals surface area contributed by atoms with Crippen molar-refractivity contribution in [3.05, 3.63) is 21.4 Å². The first-order valence-electron chi connectivity index (χ1n) is 4.18. The maximum atomic E-state index is 11.2. The highest BCUT2D eigenvalue weighted by Crippen LogP contribution is 2.21. The smallest absolute Gasteiger partial charge is 0.275 e. The summed E-state index contributed by atoms with van der Waals surface area (Å²) < 4.78 is 0. The lowest BCUT2D eigenvalue weighted by Gasteiger charge is -1.97. The van der Waals surface area contributed by atoms with Crippen LogP contribution in [0.5, 0.6) is 0 Å². The quantitative estimate of drug-likeness (QED) is 0.308. The average Bonchev–Trinajstić information content (AvgIpc) is 2.59. The van der Waals surface area contributed by atoms with Gasteiger partial charge in [-0.15, -0.1) is 11.3 Å². The number of carbonyl (C=O) groups excluding carboxylic acids is 2. The van der Waals surface area contributed by atoms with Crippen LogP contribution in [0, 0.1) is 6.92 Å². The summed E-state index contributed by atoms with van der Waals surface area (Å²) in [6.07, 6.45) is 0.163. The molecule has 0 radical (unpaired) electrons. The second-order valence-electron chi connectivity index (χ2n) is 2.91. The van der Waals surface area contributed by atoms with E-state index in [1.54, 1.807) is 6.07 Å². The van der Waals surface area contributed by atoms with Gasteiger partial charge >= 0.3 is 0 Å². The lowest BCUT2D eigenvalue weighted by molar-refractivity contribution is -0.120. The fourth-order valence-corrected chi connectivity index (χ4v) is 2.05. The molecule has 7 heteroatoms. The van der Waals surface area contributed by atoms with E-state index >= 15 is 0 Å². The molecule has 0 aliphatic carbocycles. The summed E-state index contributed by atoms with van der Waals surface area (Å²) in [6.45, 7) is 1.83. The van der Waals surface area contributed by atoms with Crippen LogP contribution in [0.1, 0.15) is 20.1 Å². The third-order valence-electron chi connectivity index (χ3n) is 1.89. The van der Waals surface area contributed by atoms with Gasteiger partial charge in [0.15, 0.2) is 0 Å². The molecule has 0 aliphatic rings. The van der Waals surface area contributed by atoms with Crippen molar-refractivity contribution in [3.63, 3.8) is 0 Å². The molecule has 0 saturated heterocycles. The van der Waals surface area contributed by atoms with Crippen molar-refractivity contribution in [2.75, 3.05) is 0 Å². The van der Waals surface area contributed by atoms with Gasteiger partial charge in [0.05, 0.1) is 11.3 Å². The van der Waals surface area contributed by atoms with E-state index in [1.165, 1.54) is 11.3 Å². The Balaban J connectivity index is 2.86. The molecule has 0 bridgehead atoms. The Hall–Kier alpha value is -1.44. The van der Waals surface area contributed by atoms with E-state index in [2.05, 4.69) is 0 Å². The standard InChI is InChI=1S/C8H12N4O2S/c1-4-5(3-7(13)11-9)2-6(15-4)8(14)12-10/h2H,3,9-10H2,1H3,(H,11,13)(H,12,14). The van der Waals surface area contributed by atoms with Crippen molar-refractivity contribution in [2.24, 2.45) is 11.7 Å². The number of aryl methyl sites for hydroxylation is 1. The van der Waals surface area contributed by atoms with E-state index in [4.69, 9.17) is 11.7 Å². The van der Waals surface area contributed by atoms with E-state index in [1.807, 2.05) is 17.8 Å². The highest BCUT2D eigenvalue weighted by molar-refractivity contribution is 7.14. The van der Waals surface area contributed by atoms with Crippen LogP contribution >= 0.6 is 11.3 Å². The lowest BCUT2D eigenvalue weighted by atomic mass is 10.2. The molecular formula is C8H12N4O2S. The molecule has 1 heterocycles. The Morgan fingerprint density at radius 3 is 2.60 bits per heavy atom. The van der Waals surface area contributed by atoms with Gasteiger partial charge in [-0.2, -0.15) is 0 Å². The molecule has 0 aromatic carbocycles. The molecule has 6 nitrogen and oxygen atoms in total. The van der Waals surface area contributed by atoms with Gasteiger partial charge in [0.1, 0.15) is 0 Å². The minimum absolute atomic E-state index is 0.163. The Bertz CT molecular complexity index is 388. The van der Waals surface area contributed by atoms with Crippen LogP contribution < -0.4 is 22.5 Å². The molecule has 6 N–H and O–H groups in total. The highest BCUT2D eigenvalue weighted by atomic mass is 32.1. The summed E-state index contributed by atoms with van der Waals surface area (Å²) in [6, 6.07) is 1.64. The van der Waals surface area contributed by atoms with Crippen LogP contribution in [-0.2, 0) is 11.2 Å². The van der Waals surface area contributed by atoms with Gasteiger partial charge in [-0.1, -0.05) is 0 Å². The van der Waals surface area contributed by atoms with E-state index in [-0.39, 0.29) is 18.2 Å². The van der Waals surface area contributed by atoms with Gasteiger partial charge in [0.2, 0.25) is 5.91 Å². The molecule has 1 aromatic rings. The first-order chi connectivity index (χ1) is 7.08. The van der Waals surface area contributed by atoms with E-state index in [9.17, 15) is 9.59 Å². The van der Waals surface area contributed by atoms with Crippen molar-refractivity contribution in [1.29, 1.82) is 0 Å². The zero-order chi connectivity index (χ0) is 11.4. The Morgan fingerprint density at radius 2 is 2.07 bits per heavy atom. The van der Waals surface area contributed by atoms with Crippen LogP contribution in [0.15, 0.2) is 6.07 Å². The van der Waals surface area contributed by atoms with Gasteiger partial charge in [-0.3, -0.25) is 20.4 Å². The number of nitrogen functional groups attached to an aromatic ring is 1. The van der Waals surface area contributed by atoms with Gasteiger partial charge in [-0.05, 0) is 18.6 Å². The molecule has 0 unspecified atom stereocenters. The first kappa shape index (κ1) is 11.6. The molecular weight excluding hydrogens is 216 g/mol. The zero-order valence-corrected chi connectivity index (χ0v) is 8.98. The molecule has 0 spiro atoms. The first-order valence-corrected chi connectivity index (χ1v) is 4.99. The van der Waals surface area contributed by atoms with Crippen molar-refractivity contribution in [1.82, 2.24) is 10.9 Å². The van der Waals surface area contributed by atoms with Gasteiger partial charge in [0.25, 0.3) is 5.91 Å². The fraction of sp³-hybridized carbons (Fsp3) is 0.250. The number of amides is 2. The van der Waals surface area contributed by atoms with Crippen molar-refractivity contribution < 1.29 is 9.59 Å². The Labute approximate surface area is 90.6 Å². The summed E-state index contributed by atoms with van der Waals surface area (Å²) in [5.41, 5.74) is 4.85. The molecule has 15 heavy (non-hydrogen) atoms. The van der Waals surface area contributed by atoms with E-state index < -0.39 is 0 Å². The van der Waals surface area contributed by atoms with Gasteiger partial charge < -0.3 is 0 Å². The number of rotatable bonds is 3. The van der Waals surface area contributed by atoms with Crippen LogP contribution in [0.3, 0.4) is 0 Å². The summed E-state index contributed by atoms with van der Waals surface area (Å²) in [7, 11) is 0.